The molecule has 0 unspecified atom stereocenters. The summed E-state index contributed by atoms with van der Waals surface area (Å²) in [5, 5.41) is 7.70. The third-order valence-electron chi connectivity index (χ3n) is 4.16. The van der Waals surface area contributed by atoms with Crippen molar-refractivity contribution in [1.82, 2.24) is 10.6 Å². The van der Waals surface area contributed by atoms with Crippen molar-refractivity contribution in [1.29, 1.82) is 0 Å². The van der Waals surface area contributed by atoms with E-state index in [1.165, 1.54) is 7.11 Å². The third-order valence-corrected chi connectivity index (χ3v) is 4.16. The molecule has 0 aliphatic rings. The van der Waals surface area contributed by atoms with E-state index in [2.05, 4.69) is 33.4 Å². The van der Waals surface area contributed by atoms with Crippen LogP contribution in [-0.2, 0) is 16.1 Å². The van der Waals surface area contributed by atoms with Crippen LogP contribution in [0.15, 0.2) is 33.7 Å². The molecule has 0 spiro atoms. The van der Waals surface area contributed by atoms with Crippen LogP contribution in [0, 0.1) is 6.92 Å². The highest BCUT2D eigenvalue weighted by atomic mass is 16.5. The molecule has 2 aromatic rings. The number of hydrogen-bond acceptors (Lipinski definition) is 4. The Morgan fingerprint density at radius 1 is 1.20 bits per heavy atom. The first-order valence-corrected chi connectivity index (χ1v) is 8.64. The van der Waals surface area contributed by atoms with Crippen LogP contribution < -0.4 is 10.6 Å². The molecule has 0 fully saturated rings. The predicted molar refractivity (Wildman–Crippen MR) is 99.6 cm³/mol. The van der Waals surface area contributed by atoms with E-state index in [0.29, 0.717) is 13.0 Å². The highest BCUT2D eigenvalue weighted by molar-refractivity contribution is 5.82. The molecule has 2 rings (SSSR count). The Hall–Kier alpha value is -2.50. The van der Waals surface area contributed by atoms with Crippen molar-refractivity contribution in [3.8, 4) is 0 Å². The van der Waals surface area contributed by atoms with Gasteiger partial charge in [0.05, 0.1) is 13.7 Å². The largest absolute Gasteiger partial charge is 0.469 e. The Bertz CT molecular complexity index is 722. The molecule has 0 saturated heterocycles. The van der Waals surface area contributed by atoms with Crippen molar-refractivity contribution >= 4 is 22.9 Å². The summed E-state index contributed by atoms with van der Waals surface area (Å²) in [6.07, 6.45) is 3.27. The zero-order chi connectivity index (χ0) is 18.1. The number of carbonyl (C=O) groups is 1. The maximum absolute atomic E-state index is 11.0. The molecule has 1 aromatic carbocycles. The van der Waals surface area contributed by atoms with Crippen molar-refractivity contribution in [2.45, 2.75) is 39.2 Å². The van der Waals surface area contributed by atoms with Crippen LogP contribution in [0.2, 0.25) is 0 Å². The number of carbonyl (C=O) groups excluding carboxylic acids is 1. The van der Waals surface area contributed by atoms with E-state index in [4.69, 9.17) is 4.42 Å². The number of furan rings is 1. The average molecular weight is 345 g/mol. The number of guanidine groups is 1. The number of unbranched alkanes of at least 4 members (excludes halogenated alkanes) is 2. The lowest BCUT2D eigenvalue weighted by Gasteiger charge is -2.11. The quantitative estimate of drug-likeness (QED) is 0.333. The van der Waals surface area contributed by atoms with Crippen LogP contribution in [0.25, 0.3) is 11.0 Å². The maximum Gasteiger partial charge on any atom is 0.305 e. The number of benzene rings is 1. The highest BCUT2D eigenvalue weighted by Gasteiger charge is 2.10. The van der Waals surface area contributed by atoms with Crippen LogP contribution >= 0.6 is 0 Å². The van der Waals surface area contributed by atoms with Gasteiger partial charge in [-0.2, -0.15) is 0 Å². The summed E-state index contributed by atoms with van der Waals surface area (Å²) in [5.74, 6) is 1.52. The Balaban J connectivity index is 1.73. The summed E-state index contributed by atoms with van der Waals surface area (Å²) in [6.45, 7) is 3.46. The fourth-order valence-electron chi connectivity index (χ4n) is 2.66. The molecule has 0 radical (unpaired) electrons. The van der Waals surface area contributed by atoms with E-state index >= 15 is 0 Å². The number of nitrogens with one attached hydrogen (secondary N) is 2. The molecule has 136 valence electrons. The number of para-hydroxylation sites is 1. The van der Waals surface area contributed by atoms with Crippen molar-refractivity contribution in [2.24, 2.45) is 4.99 Å². The number of hydrogen-bond donors (Lipinski definition) is 2. The van der Waals surface area contributed by atoms with Gasteiger partial charge in [-0.3, -0.25) is 9.79 Å². The molecule has 2 N–H and O–H groups in total. The first-order chi connectivity index (χ1) is 12.2. The lowest BCUT2D eigenvalue weighted by atomic mass is 10.1. The number of aryl methyl sites for hydroxylation is 1. The second kappa shape index (κ2) is 9.71. The van der Waals surface area contributed by atoms with E-state index in [9.17, 15) is 4.79 Å². The predicted octanol–water partition coefficient (Wildman–Crippen LogP) is 3.14. The zero-order valence-electron chi connectivity index (χ0n) is 15.2. The summed E-state index contributed by atoms with van der Waals surface area (Å²) in [4.78, 5) is 15.3. The van der Waals surface area contributed by atoms with Crippen LogP contribution in [0.4, 0.5) is 0 Å². The summed E-state index contributed by atoms with van der Waals surface area (Å²) in [7, 11) is 3.17. The fraction of sp³-hybridized carbons (Fsp3) is 0.474. The number of nitrogens with zero attached hydrogens (tertiary/aromatic N) is 1. The number of ether oxygens (including phenoxy) is 1. The molecule has 25 heavy (non-hydrogen) atoms. The van der Waals surface area contributed by atoms with Crippen molar-refractivity contribution in [3.05, 3.63) is 35.6 Å². The van der Waals surface area contributed by atoms with Crippen molar-refractivity contribution in [3.63, 3.8) is 0 Å². The smallest absolute Gasteiger partial charge is 0.305 e. The maximum atomic E-state index is 11.0. The fourth-order valence-corrected chi connectivity index (χ4v) is 2.66. The molecule has 0 aliphatic heterocycles. The monoisotopic (exact) mass is 345 g/mol. The molecule has 1 heterocycles. The molecule has 1 aromatic heterocycles. The third kappa shape index (κ3) is 5.52. The first kappa shape index (κ1) is 18.8. The van der Waals surface area contributed by atoms with Gasteiger partial charge in [0.15, 0.2) is 5.96 Å². The van der Waals surface area contributed by atoms with Crippen molar-refractivity contribution < 1.29 is 13.9 Å². The topological polar surface area (TPSA) is 75.9 Å². The molecule has 0 bridgehead atoms. The second-order valence-electron chi connectivity index (χ2n) is 5.89. The molecule has 0 aliphatic carbocycles. The van der Waals surface area contributed by atoms with E-state index in [1.54, 1.807) is 7.05 Å². The van der Waals surface area contributed by atoms with Crippen LogP contribution in [-0.4, -0.2) is 32.6 Å². The zero-order valence-corrected chi connectivity index (χ0v) is 15.2. The molecule has 0 amide bonds. The van der Waals surface area contributed by atoms with E-state index in [0.717, 1.165) is 54.1 Å². The summed E-state index contributed by atoms with van der Waals surface area (Å²) < 4.78 is 10.5. The highest BCUT2D eigenvalue weighted by Crippen LogP contribution is 2.24. The average Bonchev–Trinajstić information content (AvgIpc) is 2.96. The van der Waals surface area contributed by atoms with E-state index < -0.39 is 0 Å². The van der Waals surface area contributed by atoms with Gasteiger partial charge in [-0.1, -0.05) is 24.6 Å². The van der Waals surface area contributed by atoms with Gasteiger partial charge in [0.2, 0.25) is 0 Å². The standard InChI is InChI=1S/C19H27N3O3/c1-14-15-9-6-7-10-16(15)25-17(14)13-22-19(20-2)21-12-8-4-5-11-18(23)24-3/h6-7,9-10H,4-5,8,11-13H2,1-3H3,(H2,20,21,22). The summed E-state index contributed by atoms with van der Waals surface area (Å²) >= 11 is 0. The number of aliphatic imine (C=N–C) groups is 1. The van der Waals surface area contributed by atoms with Gasteiger partial charge >= 0.3 is 5.97 Å². The lowest BCUT2D eigenvalue weighted by Crippen LogP contribution is -2.37. The van der Waals surface area contributed by atoms with Gasteiger partial charge in [-0.25, -0.2) is 0 Å². The number of fused-ring (bicyclic) bond motifs is 1. The van der Waals surface area contributed by atoms with Crippen LogP contribution in [0.5, 0.6) is 0 Å². The van der Waals surface area contributed by atoms with E-state index in [1.807, 2.05) is 18.2 Å². The van der Waals surface area contributed by atoms with Gasteiger partial charge in [-0.05, 0) is 25.8 Å². The Morgan fingerprint density at radius 2 is 2.00 bits per heavy atom. The van der Waals surface area contributed by atoms with Gasteiger partial charge in [0.1, 0.15) is 11.3 Å². The molecule has 0 saturated carbocycles. The number of methoxy groups -OCH3 is 1. The minimum Gasteiger partial charge on any atom is -0.469 e. The van der Waals surface area contributed by atoms with Gasteiger partial charge in [-0.15, -0.1) is 0 Å². The van der Waals surface area contributed by atoms with Crippen LogP contribution in [0.3, 0.4) is 0 Å². The molecular formula is C19H27N3O3. The molecular weight excluding hydrogens is 318 g/mol. The molecule has 6 heteroatoms. The Labute approximate surface area is 148 Å². The Morgan fingerprint density at radius 3 is 2.72 bits per heavy atom. The minimum atomic E-state index is -0.147. The summed E-state index contributed by atoms with van der Waals surface area (Å²) in [5.41, 5.74) is 2.06. The first-order valence-electron chi connectivity index (χ1n) is 8.64. The number of rotatable bonds is 8. The van der Waals surface area contributed by atoms with Crippen LogP contribution in [0.1, 0.15) is 37.0 Å². The van der Waals surface area contributed by atoms with Gasteiger partial charge in [0.25, 0.3) is 0 Å². The molecule has 0 atom stereocenters. The van der Waals surface area contributed by atoms with Crippen molar-refractivity contribution in [2.75, 3.05) is 20.7 Å². The lowest BCUT2D eigenvalue weighted by molar-refractivity contribution is -0.140. The SMILES string of the molecule is CN=C(NCCCCCC(=O)OC)NCc1oc2ccccc2c1C. The number of esters is 1. The van der Waals surface area contributed by atoms with E-state index in [-0.39, 0.29) is 5.97 Å². The van der Waals surface area contributed by atoms with Gasteiger partial charge < -0.3 is 19.8 Å². The second-order valence-corrected chi connectivity index (χ2v) is 5.89. The molecule has 6 nitrogen and oxygen atoms in total. The normalized spacial score (nSPS) is 11.6. The summed E-state index contributed by atoms with van der Waals surface area (Å²) in [6, 6.07) is 8.04. The van der Waals surface area contributed by atoms with Gasteiger partial charge in [0, 0.05) is 31.0 Å². The Kier molecular flexibility index (Phi) is 7.32. The minimum absolute atomic E-state index is 0.147.